The van der Waals surface area contributed by atoms with E-state index >= 15 is 0 Å². The molecule has 0 spiro atoms. The monoisotopic (exact) mass is 318 g/mol. The smallest absolute Gasteiger partial charge is 0.262 e. The number of rotatable bonds is 5. The molecule has 1 atom stereocenters. The highest BCUT2D eigenvalue weighted by atomic mass is 35.5. The van der Waals surface area contributed by atoms with Crippen LogP contribution in [0.2, 0.25) is 5.02 Å². The third-order valence-corrected chi connectivity index (χ3v) is 3.51. The second kappa shape index (κ2) is 6.58. The summed E-state index contributed by atoms with van der Waals surface area (Å²) in [5.74, 6) is -2.55. The van der Waals surface area contributed by atoms with E-state index in [2.05, 4.69) is 5.32 Å². The molecule has 1 aliphatic rings. The Balaban J connectivity index is 1.77. The van der Waals surface area contributed by atoms with E-state index in [1.165, 1.54) is 4.90 Å². The molecule has 4 nitrogen and oxygen atoms in total. The first-order valence-corrected chi connectivity index (χ1v) is 7.00. The van der Waals surface area contributed by atoms with Crippen molar-refractivity contribution in [3.8, 4) is 5.75 Å². The molecule has 1 aliphatic heterocycles. The largest absolute Gasteiger partial charge is 0.492 e. The number of nitrogens with zero attached hydrogens (tertiary/aromatic N) is 1. The highest BCUT2D eigenvalue weighted by molar-refractivity contribution is 6.30. The number of nitrogens with one attached hydrogen (secondary N) is 1. The molecule has 1 aromatic carbocycles. The number of carbonyl (C=O) groups excluding carboxylic acids is 1. The lowest BCUT2D eigenvalue weighted by molar-refractivity contribution is -0.132. The van der Waals surface area contributed by atoms with Crippen LogP contribution in [-0.4, -0.2) is 49.5 Å². The molecule has 1 amide bonds. The molecule has 0 aromatic heterocycles. The Labute approximate surface area is 127 Å². The molecule has 0 radical (unpaired) electrons. The summed E-state index contributed by atoms with van der Waals surface area (Å²) >= 11 is 5.83. The van der Waals surface area contributed by atoms with Gasteiger partial charge in [-0.3, -0.25) is 10.1 Å². The van der Waals surface area contributed by atoms with E-state index in [9.17, 15) is 13.6 Å². The van der Waals surface area contributed by atoms with Crippen molar-refractivity contribution < 1.29 is 18.3 Å². The Hall–Kier alpha value is -1.40. The molecule has 0 aliphatic carbocycles. The predicted octanol–water partition coefficient (Wildman–Crippen LogP) is 2.17. The summed E-state index contributed by atoms with van der Waals surface area (Å²) < 4.78 is 31.6. The van der Waals surface area contributed by atoms with E-state index < -0.39 is 24.9 Å². The number of halogens is 3. The maximum atomic E-state index is 13.1. The molecule has 1 saturated heterocycles. The van der Waals surface area contributed by atoms with E-state index in [4.69, 9.17) is 16.3 Å². The number of carbonyl (C=O) groups is 1. The van der Waals surface area contributed by atoms with Gasteiger partial charge in [0, 0.05) is 18.5 Å². The Morgan fingerprint density at radius 3 is 2.95 bits per heavy atom. The summed E-state index contributed by atoms with van der Waals surface area (Å²) in [4.78, 5) is 13.4. The van der Waals surface area contributed by atoms with Crippen molar-refractivity contribution in [3.05, 3.63) is 29.3 Å². The Kier molecular flexibility index (Phi) is 5.00. The van der Waals surface area contributed by atoms with Gasteiger partial charge in [-0.1, -0.05) is 17.7 Å². The number of benzene rings is 1. The van der Waals surface area contributed by atoms with Crippen LogP contribution in [0.15, 0.2) is 24.3 Å². The lowest BCUT2D eigenvalue weighted by atomic mass is 10.2. The zero-order valence-corrected chi connectivity index (χ0v) is 12.4. The first-order valence-electron chi connectivity index (χ1n) is 6.62. The van der Waals surface area contributed by atoms with Crippen LogP contribution in [-0.2, 0) is 4.79 Å². The van der Waals surface area contributed by atoms with E-state index in [1.54, 1.807) is 31.3 Å². The van der Waals surface area contributed by atoms with Crippen LogP contribution < -0.4 is 10.1 Å². The van der Waals surface area contributed by atoms with E-state index in [1.807, 2.05) is 0 Å². The number of hydrogen-bond donors (Lipinski definition) is 1. The molecule has 21 heavy (non-hydrogen) atoms. The van der Waals surface area contributed by atoms with Gasteiger partial charge in [0.1, 0.15) is 12.4 Å². The number of alkyl halides is 2. The molecule has 1 heterocycles. The fraction of sp³-hybridized carbons (Fsp3) is 0.500. The molecule has 2 rings (SSSR count). The number of ether oxygens (including phenoxy) is 1. The van der Waals surface area contributed by atoms with Crippen molar-refractivity contribution in [1.82, 2.24) is 10.2 Å². The summed E-state index contributed by atoms with van der Waals surface area (Å²) in [6.07, 6.45) is -0.453. The van der Waals surface area contributed by atoms with Crippen molar-refractivity contribution >= 4 is 17.5 Å². The molecular formula is C14H17ClF2N2O2. The summed E-state index contributed by atoms with van der Waals surface area (Å²) in [6, 6.07) is 6.10. The first kappa shape index (κ1) is 16.0. The minimum absolute atomic E-state index is 0.270. The maximum Gasteiger partial charge on any atom is 0.262 e. The van der Waals surface area contributed by atoms with Crippen molar-refractivity contribution in [3.63, 3.8) is 0 Å². The van der Waals surface area contributed by atoms with Gasteiger partial charge >= 0.3 is 0 Å². The zero-order chi connectivity index (χ0) is 15.5. The van der Waals surface area contributed by atoms with Crippen molar-refractivity contribution in [2.45, 2.75) is 18.4 Å². The van der Waals surface area contributed by atoms with Crippen LogP contribution in [0, 0.1) is 0 Å². The van der Waals surface area contributed by atoms with Gasteiger partial charge in [-0.15, -0.1) is 0 Å². The Bertz CT molecular complexity index is 514. The van der Waals surface area contributed by atoms with E-state index in [0.29, 0.717) is 17.3 Å². The quantitative estimate of drug-likeness (QED) is 0.904. The fourth-order valence-electron chi connectivity index (χ4n) is 2.12. The normalized spacial score (nSPS) is 20.3. The summed E-state index contributed by atoms with van der Waals surface area (Å²) in [5, 5.41) is 3.11. The van der Waals surface area contributed by atoms with Crippen LogP contribution in [0.3, 0.4) is 0 Å². The van der Waals surface area contributed by atoms with Crippen LogP contribution in [0.1, 0.15) is 6.42 Å². The van der Waals surface area contributed by atoms with Crippen molar-refractivity contribution in [1.29, 1.82) is 0 Å². The molecule has 116 valence electrons. The minimum atomic E-state index is -2.81. The summed E-state index contributed by atoms with van der Waals surface area (Å²) in [7, 11) is 1.57. The van der Waals surface area contributed by atoms with Crippen LogP contribution in [0.4, 0.5) is 8.78 Å². The average molecular weight is 319 g/mol. The zero-order valence-electron chi connectivity index (χ0n) is 11.6. The van der Waals surface area contributed by atoms with Gasteiger partial charge in [-0.2, -0.15) is 0 Å². The van der Waals surface area contributed by atoms with E-state index in [0.717, 1.165) is 0 Å². The standard InChI is InChI=1S/C14H17ClF2N2O2/c1-19(13(20)12-8-14(16,17)9-18-12)5-6-21-11-4-2-3-10(15)7-11/h2-4,7,12,18H,5-6,8-9H2,1H3. The molecule has 7 heteroatoms. The number of amides is 1. The van der Waals surface area contributed by atoms with E-state index in [-0.39, 0.29) is 12.5 Å². The molecule has 0 bridgehead atoms. The molecule has 1 unspecified atom stereocenters. The molecule has 1 aromatic rings. The topological polar surface area (TPSA) is 41.6 Å². The van der Waals surface area contributed by atoms with Gasteiger partial charge in [0.25, 0.3) is 5.92 Å². The van der Waals surface area contributed by atoms with Gasteiger partial charge in [0.15, 0.2) is 0 Å². The van der Waals surface area contributed by atoms with Gasteiger partial charge in [-0.25, -0.2) is 8.78 Å². The highest BCUT2D eigenvalue weighted by Crippen LogP contribution is 2.25. The van der Waals surface area contributed by atoms with Gasteiger partial charge in [0.05, 0.1) is 19.1 Å². The molecule has 0 saturated carbocycles. The minimum Gasteiger partial charge on any atom is -0.492 e. The second-order valence-corrected chi connectivity index (χ2v) is 5.50. The first-order chi connectivity index (χ1) is 9.87. The second-order valence-electron chi connectivity index (χ2n) is 5.06. The third-order valence-electron chi connectivity index (χ3n) is 3.28. The Morgan fingerprint density at radius 2 is 2.33 bits per heavy atom. The third kappa shape index (κ3) is 4.54. The van der Waals surface area contributed by atoms with Crippen molar-refractivity contribution in [2.75, 3.05) is 26.7 Å². The van der Waals surface area contributed by atoms with Crippen LogP contribution in [0.5, 0.6) is 5.75 Å². The number of likely N-dealkylation sites (N-methyl/N-ethyl adjacent to an activating group) is 1. The molecular weight excluding hydrogens is 302 g/mol. The van der Waals surface area contributed by atoms with Crippen molar-refractivity contribution in [2.24, 2.45) is 0 Å². The van der Waals surface area contributed by atoms with Crippen LogP contribution in [0.25, 0.3) is 0 Å². The highest BCUT2D eigenvalue weighted by Gasteiger charge is 2.43. The lowest BCUT2D eigenvalue weighted by Crippen LogP contribution is -2.43. The summed E-state index contributed by atoms with van der Waals surface area (Å²) in [5.41, 5.74) is 0. The predicted molar refractivity (Wildman–Crippen MR) is 75.9 cm³/mol. The lowest BCUT2D eigenvalue weighted by Gasteiger charge is -2.21. The number of hydrogen-bond acceptors (Lipinski definition) is 3. The van der Waals surface area contributed by atoms with Crippen LogP contribution >= 0.6 is 11.6 Å². The fourth-order valence-corrected chi connectivity index (χ4v) is 2.30. The van der Waals surface area contributed by atoms with Gasteiger partial charge in [0.2, 0.25) is 5.91 Å². The average Bonchev–Trinajstić information content (AvgIpc) is 2.78. The maximum absolute atomic E-state index is 13.1. The molecule has 1 N–H and O–H groups in total. The Morgan fingerprint density at radius 1 is 1.57 bits per heavy atom. The van der Waals surface area contributed by atoms with Gasteiger partial charge < -0.3 is 9.64 Å². The SMILES string of the molecule is CN(CCOc1cccc(Cl)c1)C(=O)C1CC(F)(F)CN1. The summed E-state index contributed by atoms with van der Waals surface area (Å²) in [6.45, 7) is 0.136. The molecule has 1 fully saturated rings. The van der Waals surface area contributed by atoms with Gasteiger partial charge in [-0.05, 0) is 18.2 Å².